The van der Waals surface area contributed by atoms with Crippen LogP contribution in [0, 0.1) is 0 Å². The van der Waals surface area contributed by atoms with Crippen molar-refractivity contribution in [2.24, 2.45) is 0 Å². The fourth-order valence-electron chi connectivity index (χ4n) is 1.76. The van der Waals surface area contributed by atoms with E-state index in [0.29, 0.717) is 23.8 Å². The van der Waals surface area contributed by atoms with Gasteiger partial charge in [-0.05, 0) is 51.2 Å². The van der Waals surface area contributed by atoms with Crippen LogP contribution in [0.1, 0.15) is 31.1 Å². The predicted octanol–water partition coefficient (Wildman–Crippen LogP) is 2.47. The molecule has 0 bridgehead atoms. The topological polar surface area (TPSA) is 44.4 Å². The van der Waals surface area contributed by atoms with Crippen LogP contribution in [0.25, 0.3) is 0 Å². The number of hydrogen-bond donors (Lipinski definition) is 2. The minimum atomic E-state index is 0.0445. The Balaban J connectivity index is 2.82. The molecule has 0 unspecified atom stereocenters. The maximum absolute atomic E-state index is 12.2. The number of thiocarbonyl (C=S) groups is 1. The van der Waals surface area contributed by atoms with Gasteiger partial charge in [0.25, 0.3) is 5.91 Å². The highest BCUT2D eigenvalue weighted by molar-refractivity contribution is 7.80. The smallest absolute Gasteiger partial charge is 0.253 e. The SMILES string of the molecule is CCNC(=S)Nc1cccc(C(=O)N(CC)CC)c1. The van der Waals surface area contributed by atoms with E-state index in [1.807, 2.05) is 45.0 Å². The average Bonchev–Trinajstić information content (AvgIpc) is 2.40. The first-order valence-electron chi connectivity index (χ1n) is 6.56. The van der Waals surface area contributed by atoms with E-state index in [9.17, 15) is 4.79 Å². The summed E-state index contributed by atoms with van der Waals surface area (Å²) >= 11 is 5.12. The van der Waals surface area contributed by atoms with Crippen molar-refractivity contribution in [1.82, 2.24) is 10.2 Å². The maximum Gasteiger partial charge on any atom is 0.253 e. The Kier molecular flexibility index (Phi) is 6.29. The summed E-state index contributed by atoms with van der Waals surface area (Å²) < 4.78 is 0. The van der Waals surface area contributed by atoms with Crippen LogP contribution in [-0.4, -0.2) is 35.6 Å². The standard InChI is InChI=1S/C14H21N3OS/c1-4-15-14(19)16-12-9-7-8-11(10-12)13(18)17(5-2)6-3/h7-10H,4-6H2,1-3H3,(H2,15,16,19). The van der Waals surface area contributed by atoms with Gasteiger partial charge < -0.3 is 15.5 Å². The number of amides is 1. The van der Waals surface area contributed by atoms with Crippen LogP contribution >= 0.6 is 12.2 Å². The Morgan fingerprint density at radius 1 is 1.26 bits per heavy atom. The quantitative estimate of drug-likeness (QED) is 0.813. The van der Waals surface area contributed by atoms with Crippen LogP contribution in [0.15, 0.2) is 24.3 Å². The van der Waals surface area contributed by atoms with Gasteiger partial charge in [0.1, 0.15) is 0 Å². The monoisotopic (exact) mass is 279 g/mol. The summed E-state index contributed by atoms with van der Waals surface area (Å²) in [6.45, 7) is 8.12. The van der Waals surface area contributed by atoms with Crippen molar-refractivity contribution in [1.29, 1.82) is 0 Å². The average molecular weight is 279 g/mol. The summed E-state index contributed by atoms with van der Waals surface area (Å²) in [5.74, 6) is 0.0445. The van der Waals surface area contributed by atoms with Gasteiger partial charge in [-0.3, -0.25) is 4.79 Å². The highest BCUT2D eigenvalue weighted by Gasteiger charge is 2.12. The van der Waals surface area contributed by atoms with Crippen LogP contribution in [0.5, 0.6) is 0 Å². The number of carbonyl (C=O) groups is 1. The molecule has 0 aliphatic heterocycles. The molecule has 0 saturated heterocycles. The second kappa shape index (κ2) is 7.74. The van der Waals surface area contributed by atoms with Crippen LogP contribution in [0.3, 0.4) is 0 Å². The summed E-state index contributed by atoms with van der Waals surface area (Å²) in [5.41, 5.74) is 1.50. The van der Waals surface area contributed by atoms with Gasteiger partial charge in [-0.25, -0.2) is 0 Å². The summed E-state index contributed by atoms with van der Waals surface area (Å²) in [4.78, 5) is 14.0. The Morgan fingerprint density at radius 3 is 2.53 bits per heavy atom. The van der Waals surface area contributed by atoms with Gasteiger partial charge in [-0.2, -0.15) is 0 Å². The summed E-state index contributed by atoms with van der Waals surface area (Å²) in [7, 11) is 0. The minimum absolute atomic E-state index is 0.0445. The Hall–Kier alpha value is -1.62. The van der Waals surface area contributed by atoms with Crippen molar-refractivity contribution < 1.29 is 4.79 Å². The lowest BCUT2D eigenvalue weighted by atomic mass is 10.1. The Bertz CT molecular complexity index is 444. The van der Waals surface area contributed by atoms with E-state index in [-0.39, 0.29) is 5.91 Å². The number of carbonyl (C=O) groups excluding carboxylic acids is 1. The molecule has 4 nitrogen and oxygen atoms in total. The molecule has 0 aliphatic carbocycles. The largest absolute Gasteiger partial charge is 0.363 e. The third-order valence-corrected chi connectivity index (χ3v) is 3.00. The first-order chi connectivity index (χ1) is 9.12. The van der Waals surface area contributed by atoms with E-state index in [1.54, 1.807) is 4.90 Å². The molecular formula is C14H21N3OS. The van der Waals surface area contributed by atoms with E-state index >= 15 is 0 Å². The van der Waals surface area contributed by atoms with Gasteiger partial charge >= 0.3 is 0 Å². The zero-order valence-corrected chi connectivity index (χ0v) is 12.5. The number of anilines is 1. The van der Waals surface area contributed by atoms with Gasteiger partial charge in [-0.1, -0.05) is 6.07 Å². The fourth-order valence-corrected chi connectivity index (χ4v) is 2.02. The molecule has 0 spiro atoms. The number of nitrogens with zero attached hydrogens (tertiary/aromatic N) is 1. The summed E-state index contributed by atoms with van der Waals surface area (Å²) in [6, 6.07) is 7.39. The number of benzene rings is 1. The third-order valence-electron chi connectivity index (χ3n) is 2.76. The lowest BCUT2D eigenvalue weighted by Gasteiger charge is -2.19. The predicted molar refractivity (Wildman–Crippen MR) is 83.6 cm³/mol. The second-order valence-electron chi connectivity index (χ2n) is 4.04. The second-order valence-corrected chi connectivity index (χ2v) is 4.45. The molecule has 5 heteroatoms. The van der Waals surface area contributed by atoms with E-state index in [2.05, 4.69) is 10.6 Å². The number of hydrogen-bond acceptors (Lipinski definition) is 2. The first-order valence-corrected chi connectivity index (χ1v) is 6.97. The maximum atomic E-state index is 12.2. The van der Waals surface area contributed by atoms with Crippen LogP contribution in [-0.2, 0) is 0 Å². The molecule has 0 atom stereocenters. The van der Waals surface area contributed by atoms with E-state index in [4.69, 9.17) is 12.2 Å². The molecule has 0 radical (unpaired) electrons. The van der Waals surface area contributed by atoms with Crippen molar-refractivity contribution in [3.63, 3.8) is 0 Å². The van der Waals surface area contributed by atoms with Crippen LogP contribution in [0.4, 0.5) is 5.69 Å². The molecule has 0 saturated carbocycles. The van der Waals surface area contributed by atoms with Gasteiger partial charge in [0, 0.05) is 30.9 Å². The molecule has 1 amide bonds. The summed E-state index contributed by atoms with van der Waals surface area (Å²) in [5, 5.41) is 6.64. The molecular weight excluding hydrogens is 258 g/mol. The molecule has 0 aliphatic rings. The van der Waals surface area contributed by atoms with Gasteiger partial charge in [0.2, 0.25) is 0 Å². The molecule has 1 aromatic carbocycles. The first kappa shape index (κ1) is 15.4. The lowest BCUT2D eigenvalue weighted by molar-refractivity contribution is 0.0773. The minimum Gasteiger partial charge on any atom is -0.363 e. The zero-order valence-electron chi connectivity index (χ0n) is 11.7. The number of rotatable bonds is 5. The molecule has 1 rings (SSSR count). The normalized spacial score (nSPS) is 9.84. The molecule has 104 valence electrons. The van der Waals surface area contributed by atoms with Crippen molar-refractivity contribution in [3.05, 3.63) is 29.8 Å². The van der Waals surface area contributed by atoms with Crippen molar-refractivity contribution >= 4 is 28.9 Å². The van der Waals surface area contributed by atoms with E-state index in [0.717, 1.165) is 12.2 Å². The third kappa shape index (κ3) is 4.52. The molecule has 2 N–H and O–H groups in total. The highest BCUT2D eigenvalue weighted by Crippen LogP contribution is 2.12. The number of nitrogens with one attached hydrogen (secondary N) is 2. The molecule has 1 aromatic rings. The van der Waals surface area contributed by atoms with Gasteiger partial charge in [-0.15, -0.1) is 0 Å². The highest BCUT2D eigenvalue weighted by atomic mass is 32.1. The van der Waals surface area contributed by atoms with Crippen LogP contribution < -0.4 is 10.6 Å². The van der Waals surface area contributed by atoms with E-state index < -0.39 is 0 Å². The lowest BCUT2D eigenvalue weighted by Crippen LogP contribution is -2.31. The fraction of sp³-hybridized carbons (Fsp3) is 0.429. The molecule has 19 heavy (non-hydrogen) atoms. The Morgan fingerprint density at radius 2 is 1.95 bits per heavy atom. The van der Waals surface area contributed by atoms with Gasteiger partial charge in [0.05, 0.1) is 0 Å². The molecule has 0 aromatic heterocycles. The van der Waals surface area contributed by atoms with Gasteiger partial charge in [0.15, 0.2) is 5.11 Å². The summed E-state index contributed by atoms with van der Waals surface area (Å²) in [6.07, 6.45) is 0. The molecule has 0 heterocycles. The Labute approximate surface area is 120 Å². The van der Waals surface area contributed by atoms with E-state index in [1.165, 1.54) is 0 Å². The van der Waals surface area contributed by atoms with Crippen LogP contribution in [0.2, 0.25) is 0 Å². The zero-order chi connectivity index (χ0) is 14.3. The molecule has 0 fully saturated rings. The van der Waals surface area contributed by atoms with Crippen molar-refractivity contribution in [2.45, 2.75) is 20.8 Å². The van der Waals surface area contributed by atoms with Crippen molar-refractivity contribution in [2.75, 3.05) is 25.0 Å². The van der Waals surface area contributed by atoms with Crippen molar-refractivity contribution in [3.8, 4) is 0 Å².